The van der Waals surface area contributed by atoms with E-state index in [0.29, 0.717) is 25.6 Å². The summed E-state index contributed by atoms with van der Waals surface area (Å²) < 4.78 is 40.0. The molecule has 1 amide bonds. The maximum atomic E-state index is 12.1. The van der Waals surface area contributed by atoms with Crippen molar-refractivity contribution in [2.24, 2.45) is 0 Å². The third-order valence-corrected chi connectivity index (χ3v) is 3.88. The van der Waals surface area contributed by atoms with Gasteiger partial charge in [0, 0.05) is 32.2 Å². The molecule has 1 saturated heterocycles. The Morgan fingerprint density at radius 1 is 1.38 bits per heavy atom. The Hall–Kier alpha value is -1.80. The number of nitrogens with one attached hydrogen (secondary N) is 2. The third kappa shape index (κ3) is 6.37. The van der Waals surface area contributed by atoms with Gasteiger partial charge in [0.2, 0.25) is 5.91 Å². The highest BCUT2D eigenvalue weighted by Gasteiger charge is 2.30. The standard InChI is InChI=1S/C16H22F3N3O2/c1-12-10-20-8-9-22(12)11-15(23)21-7-6-13-2-4-14(5-3-13)24-16(17,18)19/h2-5,12,20H,6-11H2,1H3,(H,21,23)/t12-/m1/s1. The van der Waals surface area contributed by atoms with Gasteiger partial charge in [0.25, 0.3) is 0 Å². The number of hydrogen-bond acceptors (Lipinski definition) is 4. The average molecular weight is 345 g/mol. The molecular weight excluding hydrogens is 323 g/mol. The van der Waals surface area contributed by atoms with Crippen LogP contribution in [0.5, 0.6) is 5.75 Å². The molecule has 0 bridgehead atoms. The van der Waals surface area contributed by atoms with E-state index in [2.05, 4.69) is 27.2 Å². The molecule has 0 radical (unpaired) electrons. The van der Waals surface area contributed by atoms with Crippen molar-refractivity contribution < 1.29 is 22.7 Å². The molecule has 1 fully saturated rings. The molecule has 8 heteroatoms. The summed E-state index contributed by atoms with van der Waals surface area (Å²) in [4.78, 5) is 14.1. The molecule has 24 heavy (non-hydrogen) atoms. The Morgan fingerprint density at radius 3 is 2.71 bits per heavy atom. The van der Waals surface area contributed by atoms with Crippen LogP contribution in [0.4, 0.5) is 13.2 Å². The van der Waals surface area contributed by atoms with Crippen molar-refractivity contribution >= 4 is 5.91 Å². The van der Waals surface area contributed by atoms with Gasteiger partial charge in [-0.2, -0.15) is 0 Å². The van der Waals surface area contributed by atoms with Gasteiger partial charge in [0.05, 0.1) is 6.54 Å². The van der Waals surface area contributed by atoms with Crippen LogP contribution < -0.4 is 15.4 Å². The zero-order chi connectivity index (χ0) is 17.6. The molecule has 1 atom stereocenters. The fourth-order valence-corrected chi connectivity index (χ4v) is 2.56. The molecule has 5 nitrogen and oxygen atoms in total. The minimum Gasteiger partial charge on any atom is -0.406 e. The highest BCUT2D eigenvalue weighted by Crippen LogP contribution is 2.22. The first-order chi connectivity index (χ1) is 11.3. The Kier molecular flexibility index (Phi) is 6.44. The number of hydrogen-bond donors (Lipinski definition) is 2. The van der Waals surface area contributed by atoms with Crippen LogP contribution in [-0.2, 0) is 11.2 Å². The van der Waals surface area contributed by atoms with Crippen LogP contribution in [0, 0.1) is 0 Å². The molecule has 1 heterocycles. The number of carbonyl (C=O) groups is 1. The van der Waals surface area contributed by atoms with Crippen molar-refractivity contribution in [1.29, 1.82) is 0 Å². The molecule has 0 spiro atoms. The molecule has 2 rings (SSSR count). The van der Waals surface area contributed by atoms with E-state index in [1.165, 1.54) is 12.1 Å². The summed E-state index contributed by atoms with van der Waals surface area (Å²) >= 11 is 0. The topological polar surface area (TPSA) is 53.6 Å². The molecule has 1 aliphatic heterocycles. The van der Waals surface area contributed by atoms with Crippen molar-refractivity contribution in [3.8, 4) is 5.75 Å². The zero-order valence-corrected chi connectivity index (χ0v) is 13.5. The lowest BCUT2D eigenvalue weighted by molar-refractivity contribution is -0.274. The maximum absolute atomic E-state index is 12.1. The summed E-state index contributed by atoms with van der Waals surface area (Å²) in [7, 11) is 0. The summed E-state index contributed by atoms with van der Waals surface area (Å²) in [6.45, 7) is 5.48. The van der Waals surface area contributed by atoms with Crippen molar-refractivity contribution in [3.63, 3.8) is 0 Å². The Balaban J connectivity index is 1.70. The van der Waals surface area contributed by atoms with Crippen LogP contribution in [0.2, 0.25) is 0 Å². The number of ether oxygens (including phenoxy) is 1. The van der Waals surface area contributed by atoms with Gasteiger partial charge in [0.15, 0.2) is 0 Å². The molecule has 1 aromatic rings. The van der Waals surface area contributed by atoms with Crippen molar-refractivity contribution in [3.05, 3.63) is 29.8 Å². The largest absolute Gasteiger partial charge is 0.573 e. The van der Waals surface area contributed by atoms with Gasteiger partial charge >= 0.3 is 6.36 Å². The lowest BCUT2D eigenvalue weighted by Crippen LogP contribution is -2.52. The normalized spacial score (nSPS) is 19.1. The Labute approximate surface area is 139 Å². The van der Waals surface area contributed by atoms with Crippen LogP contribution in [0.3, 0.4) is 0 Å². The summed E-state index contributed by atoms with van der Waals surface area (Å²) in [5.74, 6) is -0.288. The van der Waals surface area contributed by atoms with Crippen LogP contribution in [-0.4, -0.2) is 55.9 Å². The van der Waals surface area contributed by atoms with E-state index in [1.54, 1.807) is 12.1 Å². The summed E-state index contributed by atoms with van der Waals surface area (Å²) in [5.41, 5.74) is 0.834. The number of carbonyl (C=O) groups excluding carboxylic acids is 1. The fourth-order valence-electron chi connectivity index (χ4n) is 2.56. The van der Waals surface area contributed by atoms with Gasteiger partial charge in [-0.05, 0) is 31.0 Å². The van der Waals surface area contributed by atoms with Crippen molar-refractivity contribution in [2.45, 2.75) is 25.7 Å². The average Bonchev–Trinajstić information content (AvgIpc) is 2.50. The van der Waals surface area contributed by atoms with Crippen LogP contribution in [0.15, 0.2) is 24.3 Å². The quantitative estimate of drug-likeness (QED) is 0.821. The van der Waals surface area contributed by atoms with E-state index in [-0.39, 0.29) is 11.7 Å². The molecule has 134 valence electrons. The molecule has 0 aliphatic carbocycles. The number of benzene rings is 1. The Morgan fingerprint density at radius 2 is 2.08 bits per heavy atom. The van der Waals surface area contributed by atoms with Gasteiger partial charge < -0.3 is 15.4 Å². The molecule has 2 N–H and O–H groups in total. The number of nitrogens with zero attached hydrogens (tertiary/aromatic N) is 1. The Bertz CT molecular complexity index is 534. The van der Waals surface area contributed by atoms with Crippen molar-refractivity contribution in [1.82, 2.24) is 15.5 Å². The molecular formula is C16H22F3N3O2. The summed E-state index contributed by atoms with van der Waals surface area (Å²) in [6.07, 6.45) is -4.13. The number of rotatable bonds is 6. The first-order valence-corrected chi connectivity index (χ1v) is 7.89. The molecule has 0 saturated carbocycles. The van der Waals surface area contributed by atoms with E-state index < -0.39 is 6.36 Å². The summed E-state index contributed by atoms with van der Waals surface area (Å²) in [5, 5.41) is 6.11. The lowest BCUT2D eigenvalue weighted by Gasteiger charge is -2.33. The number of piperazine rings is 1. The van der Waals surface area contributed by atoms with Crippen LogP contribution in [0.25, 0.3) is 0 Å². The van der Waals surface area contributed by atoms with E-state index in [0.717, 1.165) is 25.2 Å². The zero-order valence-electron chi connectivity index (χ0n) is 13.5. The predicted octanol–water partition coefficient (Wildman–Crippen LogP) is 1.54. The molecule has 0 unspecified atom stereocenters. The molecule has 0 aromatic heterocycles. The third-order valence-electron chi connectivity index (χ3n) is 3.88. The molecule has 1 aliphatic rings. The van der Waals surface area contributed by atoms with Gasteiger partial charge in [-0.25, -0.2) is 0 Å². The van der Waals surface area contributed by atoms with Crippen LogP contribution in [0.1, 0.15) is 12.5 Å². The van der Waals surface area contributed by atoms with Gasteiger partial charge in [-0.1, -0.05) is 12.1 Å². The predicted molar refractivity (Wildman–Crippen MR) is 83.7 cm³/mol. The van der Waals surface area contributed by atoms with Gasteiger partial charge in [-0.3, -0.25) is 9.69 Å². The van der Waals surface area contributed by atoms with E-state index in [4.69, 9.17) is 0 Å². The SMILES string of the molecule is C[C@@H]1CNCCN1CC(=O)NCCc1ccc(OC(F)(F)F)cc1. The lowest BCUT2D eigenvalue weighted by atomic mass is 10.1. The first-order valence-electron chi connectivity index (χ1n) is 7.89. The van der Waals surface area contributed by atoms with Crippen molar-refractivity contribution in [2.75, 3.05) is 32.7 Å². The van der Waals surface area contributed by atoms with Gasteiger partial charge in [-0.15, -0.1) is 13.2 Å². The first kappa shape index (κ1) is 18.5. The second kappa shape index (κ2) is 8.34. The number of halogens is 3. The van der Waals surface area contributed by atoms with Crippen LogP contribution >= 0.6 is 0 Å². The summed E-state index contributed by atoms with van der Waals surface area (Å²) in [6, 6.07) is 5.99. The maximum Gasteiger partial charge on any atom is 0.573 e. The number of amides is 1. The second-order valence-electron chi connectivity index (χ2n) is 5.82. The van der Waals surface area contributed by atoms with E-state index >= 15 is 0 Å². The van der Waals surface area contributed by atoms with E-state index in [9.17, 15) is 18.0 Å². The van der Waals surface area contributed by atoms with Gasteiger partial charge in [0.1, 0.15) is 5.75 Å². The minimum absolute atomic E-state index is 0.0409. The highest BCUT2D eigenvalue weighted by molar-refractivity contribution is 5.78. The minimum atomic E-state index is -4.68. The second-order valence-corrected chi connectivity index (χ2v) is 5.82. The molecule has 1 aromatic carbocycles. The van der Waals surface area contributed by atoms with E-state index in [1.807, 2.05) is 0 Å². The monoisotopic (exact) mass is 345 g/mol. The number of alkyl halides is 3. The highest BCUT2D eigenvalue weighted by atomic mass is 19.4. The smallest absolute Gasteiger partial charge is 0.406 e. The fraction of sp³-hybridized carbons (Fsp3) is 0.562.